The van der Waals surface area contributed by atoms with E-state index in [-0.39, 0.29) is 0 Å². The van der Waals surface area contributed by atoms with Crippen molar-refractivity contribution in [1.29, 1.82) is 0 Å². The van der Waals surface area contributed by atoms with Crippen molar-refractivity contribution in [3.63, 3.8) is 0 Å². The Hall–Kier alpha value is -2.09. The molecular formula is C15H15F3N4S. The van der Waals surface area contributed by atoms with Crippen LogP contribution in [0.25, 0.3) is 11.2 Å². The van der Waals surface area contributed by atoms with Crippen LogP contribution in [0.1, 0.15) is 18.9 Å². The Morgan fingerprint density at radius 3 is 2.74 bits per heavy atom. The summed E-state index contributed by atoms with van der Waals surface area (Å²) in [5, 5.41) is 0. The summed E-state index contributed by atoms with van der Waals surface area (Å²) in [5.74, 6) is 0.809. The molecule has 0 spiro atoms. The molecule has 23 heavy (non-hydrogen) atoms. The fourth-order valence-electron chi connectivity index (χ4n) is 1.65. The van der Waals surface area contributed by atoms with Gasteiger partial charge in [-0.2, -0.15) is 13.2 Å². The molecule has 3 rings (SSSR count). The van der Waals surface area contributed by atoms with Crippen LogP contribution < -0.4 is 0 Å². The third-order valence-corrected chi connectivity index (χ3v) is 3.88. The highest BCUT2D eigenvalue weighted by molar-refractivity contribution is 7.99. The first-order valence-electron chi connectivity index (χ1n) is 6.90. The summed E-state index contributed by atoms with van der Waals surface area (Å²) in [7, 11) is 0. The van der Waals surface area contributed by atoms with Gasteiger partial charge in [-0.3, -0.25) is 4.98 Å². The molecule has 0 bridgehead atoms. The minimum atomic E-state index is -4.30. The number of hydrogen-bond donors (Lipinski definition) is 1. The first-order chi connectivity index (χ1) is 11.0. The molecule has 0 amide bonds. The molecule has 0 aliphatic carbocycles. The Kier molecular flexibility index (Phi) is 5.97. The number of imidazole rings is 1. The van der Waals surface area contributed by atoms with Gasteiger partial charge >= 0.3 is 6.18 Å². The van der Waals surface area contributed by atoms with Crippen LogP contribution in [0.4, 0.5) is 13.2 Å². The largest absolute Gasteiger partial charge is 0.417 e. The van der Waals surface area contributed by atoms with Crippen molar-refractivity contribution in [2.24, 2.45) is 0 Å². The number of thioether (sulfide) groups is 1. The van der Waals surface area contributed by atoms with Gasteiger partial charge in [0.2, 0.25) is 0 Å². The average Bonchev–Trinajstić information content (AvgIpc) is 3.01. The zero-order valence-electron chi connectivity index (χ0n) is 12.3. The first kappa shape index (κ1) is 17.3. The number of halogens is 3. The number of nitrogens with zero attached hydrogens (tertiary/aromatic N) is 3. The second-order valence-corrected chi connectivity index (χ2v) is 5.70. The van der Waals surface area contributed by atoms with E-state index < -0.39 is 11.7 Å². The number of pyridine rings is 2. The van der Waals surface area contributed by atoms with E-state index >= 15 is 0 Å². The lowest BCUT2D eigenvalue weighted by Gasteiger charge is -2.07. The van der Waals surface area contributed by atoms with Gasteiger partial charge < -0.3 is 4.98 Å². The molecule has 0 radical (unpaired) electrons. The summed E-state index contributed by atoms with van der Waals surface area (Å²) in [6, 6.07) is 4.95. The third-order valence-electron chi connectivity index (χ3n) is 2.71. The van der Waals surface area contributed by atoms with Gasteiger partial charge in [0.1, 0.15) is 0 Å². The number of aromatic nitrogens is 4. The van der Waals surface area contributed by atoms with Crippen molar-refractivity contribution in [1.82, 2.24) is 19.9 Å². The van der Waals surface area contributed by atoms with Crippen LogP contribution in [0.5, 0.6) is 0 Å². The molecule has 122 valence electrons. The summed E-state index contributed by atoms with van der Waals surface area (Å²) in [4.78, 5) is 15.0. The molecule has 1 N–H and O–H groups in total. The van der Waals surface area contributed by atoms with Crippen LogP contribution in [0.3, 0.4) is 0 Å². The number of nitrogens with one attached hydrogen (secondary N) is 1. The van der Waals surface area contributed by atoms with Gasteiger partial charge in [-0.1, -0.05) is 6.92 Å². The van der Waals surface area contributed by atoms with Crippen molar-refractivity contribution in [2.45, 2.75) is 24.4 Å². The number of rotatable bonds is 3. The molecule has 0 fully saturated rings. The van der Waals surface area contributed by atoms with Gasteiger partial charge in [0.15, 0.2) is 5.65 Å². The Balaban J connectivity index is 0.000000182. The molecule has 4 nitrogen and oxygen atoms in total. The van der Waals surface area contributed by atoms with Gasteiger partial charge in [-0.25, -0.2) is 9.97 Å². The normalized spacial score (nSPS) is 11.1. The maximum absolute atomic E-state index is 12.2. The van der Waals surface area contributed by atoms with Gasteiger partial charge in [-0.15, -0.1) is 11.8 Å². The van der Waals surface area contributed by atoms with Crippen molar-refractivity contribution in [3.8, 4) is 0 Å². The van der Waals surface area contributed by atoms with Gasteiger partial charge in [-0.05, 0) is 30.4 Å². The minimum Gasteiger partial charge on any atom is -0.343 e. The van der Waals surface area contributed by atoms with E-state index in [0.717, 1.165) is 35.6 Å². The van der Waals surface area contributed by atoms with Crippen molar-refractivity contribution >= 4 is 22.9 Å². The molecule has 3 aromatic heterocycles. The zero-order valence-corrected chi connectivity index (χ0v) is 13.2. The highest BCUT2D eigenvalue weighted by atomic mass is 32.2. The molecule has 0 aliphatic rings. The maximum Gasteiger partial charge on any atom is 0.417 e. The molecule has 3 aromatic rings. The fourth-order valence-corrected chi connectivity index (χ4v) is 2.43. The van der Waals surface area contributed by atoms with Crippen LogP contribution in [-0.4, -0.2) is 25.7 Å². The first-order valence-corrected chi connectivity index (χ1v) is 7.88. The minimum absolute atomic E-state index is 0.571. The summed E-state index contributed by atoms with van der Waals surface area (Å²) in [6.07, 6.45) is 2.29. The molecular weight excluding hydrogens is 325 g/mol. The number of hydrogen-bond acceptors (Lipinski definition) is 4. The van der Waals surface area contributed by atoms with E-state index in [4.69, 9.17) is 0 Å². The van der Waals surface area contributed by atoms with E-state index in [9.17, 15) is 13.2 Å². The Morgan fingerprint density at radius 2 is 2.04 bits per heavy atom. The molecule has 3 heterocycles. The highest BCUT2D eigenvalue weighted by Crippen LogP contribution is 2.31. The average molecular weight is 340 g/mol. The van der Waals surface area contributed by atoms with Crippen LogP contribution in [0.15, 0.2) is 48.0 Å². The van der Waals surface area contributed by atoms with Crippen molar-refractivity contribution < 1.29 is 13.2 Å². The van der Waals surface area contributed by atoms with E-state index in [1.165, 1.54) is 18.0 Å². The Morgan fingerprint density at radius 1 is 1.22 bits per heavy atom. The number of alkyl halides is 3. The van der Waals surface area contributed by atoms with Gasteiger partial charge in [0, 0.05) is 23.5 Å². The summed E-state index contributed by atoms with van der Waals surface area (Å²) in [6.45, 7) is 1.98. The Bertz CT molecular complexity index is 712. The summed E-state index contributed by atoms with van der Waals surface area (Å²) < 4.78 is 36.7. The van der Waals surface area contributed by atoms with Crippen molar-refractivity contribution in [3.05, 3.63) is 48.7 Å². The molecule has 0 unspecified atom stereocenters. The molecule has 0 saturated carbocycles. The SMILES string of the molecule is CCCSc1cncc(C(F)(F)F)c1.c1cnc2nc[nH]c2c1. The zero-order chi connectivity index (χ0) is 16.7. The lowest BCUT2D eigenvalue weighted by molar-refractivity contribution is -0.138. The molecule has 0 aliphatic heterocycles. The number of H-pyrrole nitrogens is 1. The second-order valence-electron chi connectivity index (χ2n) is 4.53. The fraction of sp³-hybridized carbons (Fsp3) is 0.267. The summed E-state index contributed by atoms with van der Waals surface area (Å²) in [5.41, 5.74) is 1.08. The van der Waals surface area contributed by atoms with Gasteiger partial charge in [0.25, 0.3) is 0 Å². The smallest absolute Gasteiger partial charge is 0.343 e. The van der Waals surface area contributed by atoms with E-state index in [2.05, 4.69) is 19.9 Å². The molecule has 8 heteroatoms. The van der Waals surface area contributed by atoms with Gasteiger partial charge in [0.05, 0.1) is 17.4 Å². The quantitative estimate of drug-likeness (QED) is 0.710. The molecule has 0 saturated heterocycles. The lowest BCUT2D eigenvalue weighted by atomic mass is 10.3. The van der Waals surface area contributed by atoms with Crippen LogP contribution >= 0.6 is 11.8 Å². The van der Waals surface area contributed by atoms with E-state index in [1.54, 1.807) is 12.5 Å². The van der Waals surface area contributed by atoms with E-state index in [0.29, 0.717) is 4.90 Å². The highest BCUT2D eigenvalue weighted by Gasteiger charge is 2.30. The number of fused-ring (bicyclic) bond motifs is 1. The Labute approximate surface area is 135 Å². The van der Waals surface area contributed by atoms with Crippen LogP contribution in [-0.2, 0) is 6.18 Å². The predicted molar refractivity (Wildman–Crippen MR) is 84.1 cm³/mol. The molecule has 0 atom stereocenters. The van der Waals surface area contributed by atoms with E-state index in [1.807, 2.05) is 19.1 Å². The summed E-state index contributed by atoms with van der Waals surface area (Å²) >= 11 is 1.39. The lowest BCUT2D eigenvalue weighted by Crippen LogP contribution is -2.05. The maximum atomic E-state index is 12.2. The van der Waals surface area contributed by atoms with Crippen molar-refractivity contribution in [2.75, 3.05) is 5.75 Å². The second kappa shape index (κ2) is 7.96. The molecule has 0 aromatic carbocycles. The van der Waals surface area contributed by atoms with Crippen LogP contribution in [0, 0.1) is 0 Å². The van der Waals surface area contributed by atoms with Crippen LogP contribution in [0.2, 0.25) is 0 Å². The number of aromatic amines is 1. The standard InChI is InChI=1S/C9H10F3NS.C6H5N3/c1-2-3-14-8-4-7(5-13-6-8)9(10,11)12;1-2-5-6(7-3-1)9-4-8-5/h4-6H,2-3H2,1H3;1-4H,(H,7,8,9). The predicted octanol–water partition coefficient (Wildman–Crippen LogP) is 4.56. The topological polar surface area (TPSA) is 54.5 Å². The third kappa shape index (κ3) is 5.24. The monoisotopic (exact) mass is 340 g/mol.